The topological polar surface area (TPSA) is 271 Å². The fourth-order valence-electron chi connectivity index (χ4n) is 10.5. The number of hydrogen-bond acceptors (Lipinski definition) is 14. The Bertz CT molecular complexity index is 2300. The molecule has 0 saturated carbocycles. The number of aryl methyl sites for hydroxylation is 1. The number of carboxylic acids is 4. The molecule has 0 spiro atoms. The number of Topliss-reactive ketones (excluding diaryl/α,β-unsaturated/α-hetero) is 2. The number of amides is 2. The summed E-state index contributed by atoms with van der Waals surface area (Å²) < 4.78 is 0. The fraction of sp³-hybridized carbons (Fsp3) is 0.632. The van der Waals surface area contributed by atoms with E-state index in [-0.39, 0.29) is 101 Å². The largest absolute Gasteiger partial charge is 0.481 e. The average molecular weight is 1070 g/mol. The third-order valence-electron chi connectivity index (χ3n) is 15.1. The first-order valence-corrected chi connectivity index (χ1v) is 27.7. The summed E-state index contributed by atoms with van der Waals surface area (Å²) in [7, 11) is 0. The van der Waals surface area contributed by atoms with E-state index in [2.05, 4.69) is 27.5 Å². The lowest BCUT2D eigenvalue weighted by Crippen LogP contribution is -2.51. The van der Waals surface area contributed by atoms with E-state index in [4.69, 9.17) is 0 Å². The van der Waals surface area contributed by atoms with Gasteiger partial charge in [0.25, 0.3) is 0 Å². The minimum absolute atomic E-state index is 0.0170. The number of hydrogen-bond donors (Lipinski definition) is 6. The quantitative estimate of drug-likeness (QED) is 0.0552. The summed E-state index contributed by atoms with van der Waals surface area (Å²) in [5, 5.41) is 44.5. The molecule has 3 atom stereocenters. The summed E-state index contributed by atoms with van der Waals surface area (Å²) in [6, 6.07) is 9.23. The molecule has 5 rings (SSSR count). The minimum atomic E-state index is -1.03. The van der Waals surface area contributed by atoms with Crippen molar-refractivity contribution in [1.82, 2.24) is 40.1 Å². The van der Waals surface area contributed by atoms with Crippen molar-refractivity contribution in [3.63, 3.8) is 0 Å². The highest BCUT2D eigenvalue weighted by Gasteiger charge is 2.32. The second-order valence-corrected chi connectivity index (χ2v) is 21.0. The molecule has 422 valence electrons. The molecule has 20 nitrogen and oxygen atoms in total. The monoisotopic (exact) mass is 1070 g/mol. The summed E-state index contributed by atoms with van der Waals surface area (Å²) in [5.74, 6) is 1.61. The van der Waals surface area contributed by atoms with Crippen LogP contribution >= 0.6 is 0 Å². The fourth-order valence-corrected chi connectivity index (χ4v) is 10.5. The van der Waals surface area contributed by atoms with Crippen LogP contribution in [0.25, 0.3) is 0 Å². The molecule has 3 saturated heterocycles. The third kappa shape index (κ3) is 23.6. The Hall–Kier alpha value is -6.11. The van der Waals surface area contributed by atoms with E-state index in [0.717, 1.165) is 76.4 Å². The summed E-state index contributed by atoms with van der Waals surface area (Å²) in [6.45, 7) is 6.80. The molecular weight excluding hydrogens is 989 g/mol. The van der Waals surface area contributed by atoms with Gasteiger partial charge in [0.15, 0.2) is 0 Å². The summed E-state index contributed by atoms with van der Waals surface area (Å²) in [4.78, 5) is 113. The molecule has 2 amide bonds. The highest BCUT2D eigenvalue weighted by molar-refractivity contribution is 5.88. The maximum atomic E-state index is 13.7. The van der Waals surface area contributed by atoms with Crippen LogP contribution in [-0.4, -0.2) is 208 Å². The van der Waals surface area contributed by atoms with Crippen molar-refractivity contribution < 1.29 is 58.8 Å². The van der Waals surface area contributed by atoms with Crippen molar-refractivity contribution in [2.75, 3.05) is 105 Å². The number of likely N-dealkylation sites (tertiary alicyclic amines) is 1. The van der Waals surface area contributed by atoms with Gasteiger partial charge in [-0.05, 0) is 107 Å². The lowest BCUT2D eigenvalue weighted by molar-refractivity contribution is -0.140. The third-order valence-corrected chi connectivity index (χ3v) is 15.1. The van der Waals surface area contributed by atoms with Crippen LogP contribution in [0.4, 0.5) is 0 Å². The molecular formula is C57H82N8O12. The molecule has 3 aliphatic rings. The number of benzene rings is 1. The molecule has 3 fully saturated rings. The maximum absolute atomic E-state index is 13.7. The van der Waals surface area contributed by atoms with Crippen LogP contribution in [0.2, 0.25) is 0 Å². The van der Waals surface area contributed by atoms with Crippen molar-refractivity contribution in [1.29, 1.82) is 0 Å². The van der Waals surface area contributed by atoms with Gasteiger partial charge in [0.1, 0.15) is 11.6 Å². The molecule has 0 aliphatic carbocycles. The molecule has 2 aromatic rings. The summed E-state index contributed by atoms with van der Waals surface area (Å²) in [6.07, 6.45) is 12.6. The number of aliphatic carboxylic acids is 4. The van der Waals surface area contributed by atoms with Gasteiger partial charge in [-0.2, -0.15) is 0 Å². The highest BCUT2D eigenvalue weighted by Crippen LogP contribution is 2.29. The Morgan fingerprint density at radius 3 is 1.88 bits per heavy atom. The van der Waals surface area contributed by atoms with Crippen molar-refractivity contribution in [2.45, 2.75) is 115 Å². The number of carboxylic acid groups (broad SMARTS) is 4. The zero-order chi connectivity index (χ0) is 55.5. The predicted molar refractivity (Wildman–Crippen MR) is 288 cm³/mol. The minimum Gasteiger partial charge on any atom is -0.481 e. The molecule has 1 aromatic heterocycles. The van der Waals surface area contributed by atoms with Crippen molar-refractivity contribution in [3.05, 3.63) is 65.0 Å². The van der Waals surface area contributed by atoms with Crippen LogP contribution in [0.15, 0.2) is 42.7 Å². The molecule has 0 radical (unpaired) electrons. The molecule has 4 heterocycles. The van der Waals surface area contributed by atoms with E-state index in [1.165, 1.54) is 5.56 Å². The first-order chi connectivity index (χ1) is 37.0. The van der Waals surface area contributed by atoms with Crippen LogP contribution in [0, 0.1) is 23.7 Å². The van der Waals surface area contributed by atoms with Gasteiger partial charge in [0.2, 0.25) is 11.8 Å². The van der Waals surface area contributed by atoms with Gasteiger partial charge in [-0.15, -0.1) is 0 Å². The molecule has 0 bridgehead atoms. The smallest absolute Gasteiger partial charge is 0.317 e. The number of ketones is 2. The number of aromatic nitrogens is 1. The van der Waals surface area contributed by atoms with Gasteiger partial charge >= 0.3 is 23.9 Å². The predicted octanol–water partition coefficient (Wildman–Crippen LogP) is 3.45. The summed E-state index contributed by atoms with van der Waals surface area (Å²) in [5.41, 5.74) is 3.24. The van der Waals surface area contributed by atoms with Gasteiger partial charge in [0, 0.05) is 133 Å². The molecule has 1 unspecified atom stereocenters. The van der Waals surface area contributed by atoms with E-state index in [9.17, 15) is 58.8 Å². The number of nitrogens with one attached hydrogen (secondary N) is 2. The molecule has 1 aromatic carbocycles. The Kier molecular flexibility index (Phi) is 26.7. The van der Waals surface area contributed by atoms with Crippen LogP contribution in [-0.2, 0) is 44.8 Å². The van der Waals surface area contributed by atoms with Gasteiger partial charge in [0.05, 0.1) is 32.1 Å². The summed E-state index contributed by atoms with van der Waals surface area (Å²) >= 11 is 0. The Morgan fingerprint density at radius 2 is 1.27 bits per heavy atom. The Balaban J connectivity index is 1.00. The van der Waals surface area contributed by atoms with Crippen LogP contribution in [0.1, 0.15) is 125 Å². The number of carbonyl (C=O) groups excluding carboxylic acids is 4. The SMILES string of the molecule is CC(C(=O)CCC(=O)NCCCCCCc1ccc(C#Cc2cncc([C@H](CC(=O)O)CC(=O)[C@@H]3CCCN(C(=O)CCC4CCNCC4)C3)c2)cc1)N1CCN(CC(=O)O)CCN(CC(=O)O)CCN(CC(=O)O)CC1. The molecule has 3 aliphatic heterocycles. The zero-order valence-electron chi connectivity index (χ0n) is 45.0. The highest BCUT2D eigenvalue weighted by atomic mass is 16.4. The van der Waals surface area contributed by atoms with Crippen molar-refractivity contribution >= 4 is 47.3 Å². The van der Waals surface area contributed by atoms with Crippen molar-refractivity contribution in [3.8, 4) is 11.8 Å². The van der Waals surface area contributed by atoms with Crippen LogP contribution in [0.3, 0.4) is 0 Å². The second kappa shape index (κ2) is 33.2. The van der Waals surface area contributed by atoms with E-state index >= 15 is 0 Å². The van der Waals surface area contributed by atoms with Gasteiger partial charge in [-0.3, -0.25) is 62.9 Å². The second-order valence-electron chi connectivity index (χ2n) is 21.0. The maximum Gasteiger partial charge on any atom is 0.317 e. The van der Waals surface area contributed by atoms with Crippen LogP contribution in [0.5, 0.6) is 0 Å². The number of carbonyl (C=O) groups is 8. The Morgan fingerprint density at radius 1 is 0.675 bits per heavy atom. The van der Waals surface area contributed by atoms with Crippen LogP contribution < -0.4 is 10.6 Å². The average Bonchev–Trinajstić information content (AvgIpc) is 3.40. The lowest BCUT2D eigenvalue weighted by atomic mass is 9.84. The molecule has 20 heteroatoms. The number of pyridine rings is 1. The van der Waals surface area contributed by atoms with Gasteiger partial charge < -0.3 is 36.0 Å². The normalized spacial score (nSPS) is 18.6. The first-order valence-electron chi connectivity index (χ1n) is 27.7. The van der Waals surface area contributed by atoms with Gasteiger partial charge in [-0.1, -0.05) is 36.8 Å². The number of unbranched alkanes of at least 4 members (excludes halogenated alkanes) is 3. The standard InChI is InChI=1S/C57H82N8O12/c1-42(64-31-29-62(40-56(74)75)27-25-61(39-55(72)73)26-28-63(30-32-64)41-57(76)77)50(66)16-17-52(68)60-21-5-3-2-4-7-43-9-11-44(12-10-43)13-14-46-33-49(37-59-36-46)48(35-54(70)71)34-51(67)47-8-6-24-65(38-47)53(69)18-15-45-19-22-58-23-20-45/h9-12,33,36-37,42,45,47-48,58H,2-8,15-32,34-35,38-41H2,1H3,(H,60,68)(H,70,71)(H,72,73)(H,74,75)(H,76,77)/t42?,47-,48+/m1/s1. The number of piperidine rings is 2. The van der Waals surface area contributed by atoms with E-state index in [1.807, 2.05) is 40.1 Å². The number of nitrogens with zero attached hydrogens (tertiary/aromatic N) is 6. The zero-order valence-corrected chi connectivity index (χ0v) is 45.0. The molecule has 77 heavy (non-hydrogen) atoms. The Labute approximate surface area is 453 Å². The van der Waals surface area contributed by atoms with E-state index in [1.54, 1.807) is 34.0 Å². The van der Waals surface area contributed by atoms with Crippen molar-refractivity contribution in [2.24, 2.45) is 11.8 Å². The lowest BCUT2D eigenvalue weighted by Gasteiger charge is -2.35. The molecule has 6 N–H and O–H groups in total. The first kappa shape index (κ1) is 61.7. The number of rotatable bonds is 27. The van der Waals surface area contributed by atoms with Gasteiger partial charge in [-0.25, -0.2) is 0 Å². The van der Waals surface area contributed by atoms with E-state index in [0.29, 0.717) is 75.7 Å². The van der Waals surface area contributed by atoms with E-state index < -0.39 is 35.8 Å².